The largest absolute Gasteiger partial charge is 0.497 e. The Morgan fingerprint density at radius 2 is 1.91 bits per heavy atom. The van der Waals surface area contributed by atoms with Gasteiger partial charge < -0.3 is 19.7 Å². The molecule has 2 heterocycles. The topological polar surface area (TPSA) is 85.7 Å². The van der Waals surface area contributed by atoms with Crippen molar-refractivity contribution < 1.29 is 19.1 Å². The van der Waals surface area contributed by atoms with Crippen molar-refractivity contribution in [3.8, 4) is 17.0 Å². The van der Waals surface area contributed by atoms with Crippen molar-refractivity contribution in [1.82, 2.24) is 20.0 Å². The Kier molecular flexibility index (Phi) is 7.79. The molecule has 190 valence electrons. The second-order valence-corrected chi connectivity index (χ2v) is 10.1. The van der Waals surface area contributed by atoms with E-state index >= 15 is 0 Å². The minimum absolute atomic E-state index is 0.102. The molecule has 35 heavy (non-hydrogen) atoms. The maximum Gasteiger partial charge on any atom is 0.273 e. The summed E-state index contributed by atoms with van der Waals surface area (Å²) in [4.78, 5) is 29.1. The molecule has 1 aromatic carbocycles. The van der Waals surface area contributed by atoms with E-state index in [9.17, 15) is 9.59 Å². The van der Waals surface area contributed by atoms with Crippen molar-refractivity contribution in [2.45, 2.75) is 83.5 Å². The molecule has 1 atom stereocenters. The Bertz CT molecular complexity index is 1030. The molecular weight excluding hydrogens is 444 g/mol. The summed E-state index contributed by atoms with van der Waals surface area (Å²) in [6, 6.07) is 9.58. The predicted octanol–water partition coefficient (Wildman–Crippen LogP) is 4.04. The third kappa shape index (κ3) is 5.53. The van der Waals surface area contributed by atoms with Gasteiger partial charge in [0.15, 0.2) is 0 Å². The van der Waals surface area contributed by atoms with Crippen LogP contribution in [-0.2, 0) is 16.1 Å². The fraction of sp³-hybridized carbons (Fsp3) is 0.593. The number of fused-ring (bicyclic) bond motifs is 1. The van der Waals surface area contributed by atoms with E-state index in [4.69, 9.17) is 14.6 Å². The minimum Gasteiger partial charge on any atom is -0.497 e. The van der Waals surface area contributed by atoms with Gasteiger partial charge in [0, 0.05) is 24.8 Å². The van der Waals surface area contributed by atoms with Crippen LogP contribution < -0.4 is 10.1 Å². The molecule has 8 heteroatoms. The van der Waals surface area contributed by atoms with Crippen LogP contribution in [0.1, 0.15) is 69.8 Å². The lowest BCUT2D eigenvalue weighted by molar-refractivity contribution is -0.134. The van der Waals surface area contributed by atoms with Crippen LogP contribution in [0.15, 0.2) is 30.3 Å². The van der Waals surface area contributed by atoms with E-state index < -0.39 is 5.54 Å². The van der Waals surface area contributed by atoms with Crippen LogP contribution in [0, 0.1) is 0 Å². The van der Waals surface area contributed by atoms with Gasteiger partial charge in [0.2, 0.25) is 5.91 Å². The van der Waals surface area contributed by atoms with Crippen molar-refractivity contribution in [2.24, 2.45) is 0 Å². The lowest BCUT2D eigenvalue weighted by Gasteiger charge is -2.44. The summed E-state index contributed by atoms with van der Waals surface area (Å²) in [6.45, 7) is 7.15. The van der Waals surface area contributed by atoms with Crippen molar-refractivity contribution in [3.05, 3.63) is 36.0 Å². The van der Waals surface area contributed by atoms with E-state index in [1.807, 2.05) is 51.1 Å². The maximum atomic E-state index is 13.7. The van der Waals surface area contributed by atoms with Gasteiger partial charge in [-0.05, 0) is 70.4 Å². The lowest BCUT2D eigenvalue weighted by Crippen LogP contribution is -2.65. The van der Waals surface area contributed by atoms with Gasteiger partial charge in [-0.1, -0.05) is 19.3 Å². The number of benzene rings is 1. The number of ether oxygens (including phenoxy) is 2. The standard InChI is InChI=1S/C27H38N4O4/c1-19(2)35-16-8-15-30-25(32)24-17-23(20-11-13-22(34-4)14-12-20)29-31(24)18-27(30,3)26(33)28-21-9-6-5-7-10-21/h11-14,17,19,21H,5-10,15-16,18H2,1-4H3,(H,28,33)/t27-/m0/s1. The zero-order valence-corrected chi connectivity index (χ0v) is 21.4. The van der Waals surface area contributed by atoms with E-state index in [2.05, 4.69) is 5.32 Å². The number of amides is 2. The third-order valence-corrected chi connectivity index (χ3v) is 7.09. The number of nitrogens with one attached hydrogen (secondary N) is 1. The molecule has 0 radical (unpaired) electrons. The molecule has 2 aliphatic rings. The summed E-state index contributed by atoms with van der Waals surface area (Å²) >= 11 is 0. The average molecular weight is 483 g/mol. The van der Waals surface area contributed by atoms with E-state index in [1.54, 1.807) is 16.7 Å². The van der Waals surface area contributed by atoms with Gasteiger partial charge in [0.25, 0.3) is 5.91 Å². The van der Waals surface area contributed by atoms with Gasteiger partial charge in [-0.2, -0.15) is 5.10 Å². The fourth-order valence-corrected chi connectivity index (χ4v) is 5.02. The molecule has 1 saturated carbocycles. The Labute approximate surface area is 208 Å². The highest BCUT2D eigenvalue weighted by molar-refractivity contribution is 6.00. The number of nitrogens with zero attached hydrogens (tertiary/aromatic N) is 3. The Morgan fingerprint density at radius 3 is 2.57 bits per heavy atom. The van der Waals surface area contributed by atoms with Crippen LogP contribution >= 0.6 is 0 Å². The summed E-state index contributed by atoms with van der Waals surface area (Å²) in [5.74, 6) is 0.486. The van der Waals surface area contributed by atoms with E-state index in [0.717, 1.165) is 37.0 Å². The highest BCUT2D eigenvalue weighted by Gasteiger charge is 2.48. The zero-order valence-electron chi connectivity index (χ0n) is 21.4. The molecule has 0 bridgehead atoms. The molecule has 1 aliphatic heterocycles. The second kappa shape index (κ2) is 10.8. The Balaban J connectivity index is 1.60. The number of hydrogen-bond acceptors (Lipinski definition) is 5. The normalized spacial score (nSPS) is 20.7. The highest BCUT2D eigenvalue weighted by Crippen LogP contribution is 2.31. The first kappa shape index (κ1) is 25.2. The van der Waals surface area contributed by atoms with Crippen LogP contribution in [0.25, 0.3) is 11.3 Å². The molecule has 2 amide bonds. The van der Waals surface area contributed by atoms with Gasteiger partial charge in [0.1, 0.15) is 17.0 Å². The molecule has 0 unspecified atom stereocenters. The molecule has 1 fully saturated rings. The minimum atomic E-state index is -1.03. The molecule has 4 rings (SSSR count). The van der Waals surface area contributed by atoms with Gasteiger partial charge in [-0.25, -0.2) is 0 Å². The van der Waals surface area contributed by atoms with Crippen molar-refractivity contribution in [2.75, 3.05) is 20.3 Å². The van der Waals surface area contributed by atoms with E-state index in [-0.39, 0.29) is 24.0 Å². The number of carbonyl (C=O) groups excluding carboxylic acids is 2. The first-order chi connectivity index (χ1) is 16.8. The molecule has 1 N–H and O–H groups in total. The van der Waals surface area contributed by atoms with Crippen LogP contribution in [0.2, 0.25) is 0 Å². The van der Waals surface area contributed by atoms with Crippen LogP contribution in [-0.4, -0.2) is 64.4 Å². The zero-order chi connectivity index (χ0) is 25.0. The smallest absolute Gasteiger partial charge is 0.273 e. The number of aromatic nitrogens is 2. The molecule has 0 saturated heterocycles. The second-order valence-electron chi connectivity index (χ2n) is 10.1. The number of hydrogen-bond donors (Lipinski definition) is 1. The van der Waals surface area contributed by atoms with E-state index in [0.29, 0.717) is 37.5 Å². The monoisotopic (exact) mass is 482 g/mol. The molecule has 1 aliphatic carbocycles. The number of rotatable bonds is 9. The van der Waals surface area contributed by atoms with Gasteiger partial charge in [0.05, 0.1) is 25.5 Å². The summed E-state index contributed by atoms with van der Waals surface area (Å²) in [5, 5.41) is 7.98. The third-order valence-electron chi connectivity index (χ3n) is 7.09. The quantitative estimate of drug-likeness (QED) is 0.545. The van der Waals surface area contributed by atoms with E-state index in [1.165, 1.54) is 6.42 Å². The van der Waals surface area contributed by atoms with Gasteiger partial charge in [-0.15, -0.1) is 0 Å². The molecule has 1 aromatic heterocycles. The summed E-state index contributed by atoms with van der Waals surface area (Å²) in [5.41, 5.74) is 1.08. The first-order valence-electron chi connectivity index (χ1n) is 12.8. The molecule has 2 aromatic rings. The van der Waals surface area contributed by atoms with Crippen molar-refractivity contribution in [1.29, 1.82) is 0 Å². The maximum absolute atomic E-state index is 13.7. The summed E-state index contributed by atoms with van der Waals surface area (Å²) in [6.07, 6.45) is 6.25. The van der Waals surface area contributed by atoms with Crippen LogP contribution in [0.3, 0.4) is 0 Å². The number of carbonyl (C=O) groups is 2. The predicted molar refractivity (Wildman–Crippen MR) is 134 cm³/mol. The SMILES string of the molecule is COc1ccc(-c2cc3n(n2)C[C@@](C)(C(=O)NC2CCCCC2)N(CCCOC(C)C)C3=O)cc1. The van der Waals surface area contributed by atoms with Crippen LogP contribution in [0.4, 0.5) is 0 Å². The molecule has 0 spiro atoms. The summed E-state index contributed by atoms with van der Waals surface area (Å²) < 4.78 is 12.7. The van der Waals surface area contributed by atoms with Gasteiger partial charge in [-0.3, -0.25) is 14.3 Å². The molecule has 8 nitrogen and oxygen atoms in total. The van der Waals surface area contributed by atoms with Crippen molar-refractivity contribution in [3.63, 3.8) is 0 Å². The Morgan fingerprint density at radius 1 is 1.20 bits per heavy atom. The summed E-state index contributed by atoms with van der Waals surface area (Å²) in [7, 11) is 1.63. The number of methoxy groups -OCH3 is 1. The Hall–Kier alpha value is -2.87. The fourth-order valence-electron chi connectivity index (χ4n) is 5.02. The lowest BCUT2D eigenvalue weighted by atomic mass is 9.91. The average Bonchev–Trinajstić information content (AvgIpc) is 3.28. The highest BCUT2D eigenvalue weighted by atomic mass is 16.5. The van der Waals surface area contributed by atoms with Crippen molar-refractivity contribution >= 4 is 11.8 Å². The molecular formula is C27H38N4O4. The van der Waals surface area contributed by atoms with Crippen LogP contribution in [0.5, 0.6) is 5.75 Å². The first-order valence-corrected chi connectivity index (χ1v) is 12.8. The van der Waals surface area contributed by atoms with Gasteiger partial charge >= 0.3 is 0 Å².